The van der Waals surface area contributed by atoms with Gasteiger partial charge >= 0.3 is 0 Å². The fourth-order valence-corrected chi connectivity index (χ4v) is 1.30. The molecule has 0 saturated heterocycles. The molecule has 2 aromatic heterocycles. The lowest BCUT2D eigenvalue weighted by atomic mass is 10.2. The minimum absolute atomic E-state index is 0.0304. The van der Waals surface area contributed by atoms with E-state index >= 15 is 0 Å². The number of carbonyl (C=O) groups is 1. The average molecular weight is 249 g/mol. The maximum atomic E-state index is 11.0. The van der Waals surface area contributed by atoms with E-state index in [1.165, 1.54) is 19.3 Å². The number of ether oxygens (including phenoxy) is 1. The minimum Gasteiger partial charge on any atom is -0.437 e. The first-order chi connectivity index (χ1) is 8.15. The second-order valence-electron chi connectivity index (χ2n) is 3.36. The number of ketones is 1. The molecule has 0 bridgehead atoms. The number of halogens is 1. The van der Waals surface area contributed by atoms with E-state index in [0.717, 1.165) is 0 Å². The van der Waals surface area contributed by atoms with E-state index in [0.29, 0.717) is 22.3 Å². The molecular weight excluding hydrogens is 240 g/mol. The van der Waals surface area contributed by atoms with Crippen LogP contribution in [0.3, 0.4) is 0 Å². The molecule has 0 aliphatic heterocycles. The normalized spacial score (nSPS) is 10.0. The highest BCUT2D eigenvalue weighted by Gasteiger charge is 2.02. The maximum absolute atomic E-state index is 11.0. The van der Waals surface area contributed by atoms with Crippen LogP contribution in [-0.2, 0) is 0 Å². The van der Waals surface area contributed by atoms with Crippen LogP contribution in [0.25, 0.3) is 0 Å². The highest BCUT2D eigenvalue weighted by atomic mass is 35.5. The van der Waals surface area contributed by atoms with Crippen LogP contribution < -0.4 is 4.74 Å². The maximum Gasteiger partial charge on any atom is 0.219 e. The topological polar surface area (TPSA) is 52.1 Å². The second-order valence-corrected chi connectivity index (χ2v) is 3.75. The van der Waals surface area contributed by atoms with Gasteiger partial charge in [-0.25, -0.2) is 9.97 Å². The molecule has 0 aliphatic carbocycles. The van der Waals surface area contributed by atoms with Crippen LogP contribution >= 0.6 is 11.6 Å². The molecule has 0 radical (unpaired) electrons. The molecule has 0 fully saturated rings. The van der Waals surface area contributed by atoms with Crippen molar-refractivity contribution < 1.29 is 9.53 Å². The summed E-state index contributed by atoms with van der Waals surface area (Å²) in [5.41, 5.74) is 0.548. The first-order valence-corrected chi connectivity index (χ1v) is 5.29. The summed E-state index contributed by atoms with van der Waals surface area (Å²) >= 11 is 5.65. The quantitative estimate of drug-likeness (QED) is 0.619. The number of nitrogens with zero attached hydrogens (tertiary/aromatic N) is 2. The predicted octanol–water partition coefficient (Wildman–Crippen LogP) is 3.12. The van der Waals surface area contributed by atoms with Gasteiger partial charge in [0.25, 0.3) is 0 Å². The highest BCUT2D eigenvalue weighted by Crippen LogP contribution is 2.19. The Bertz CT molecular complexity index is 523. The Kier molecular flexibility index (Phi) is 3.35. The Morgan fingerprint density at radius 3 is 2.53 bits per heavy atom. The van der Waals surface area contributed by atoms with E-state index in [2.05, 4.69) is 9.97 Å². The van der Waals surface area contributed by atoms with Crippen molar-refractivity contribution >= 4 is 17.4 Å². The zero-order chi connectivity index (χ0) is 12.3. The third kappa shape index (κ3) is 3.01. The molecule has 0 amide bonds. The fourth-order valence-electron chi connectivity index (χ4n) is 1.19. The van der Waals surface area contributed by atoms with Crippen molar-refractivity contribution in [1.29, 1.82) is 0 Å². The van der Waals surface area contributed by atoms with Crippen LogP contribution in [0.2, 0.25) is 5.15 Å². The zero-order valence-corrected chi connectivity index (χ0v) is 9.81. The van der Waals surface area contributed by atoms with Crippen molar-refractivity contribution in [3.8, 4) is 11.6 Å². The van der Waals surface area contributed by atoms with Gasteiger partial charge in [0, 0.05) is 17.8 Å². The van der Waals surface area contributed by atoms with Gasteiger partial charge in [-0.2, -0.15) is 0 Å². The van der Waals surface area contributed by atoms with E-state index in [9.17, 15) is 4.79 Å². The van der Waals surface area contributed by atoms with Crippen molar-refractivity contribution in [2.75, 3.05) is 0 Å². The van der Waals surface area contributed by atoms with Gasteiger partial charge in [-0.1, -0.05) is 11.6 Å². The lowest BCUT2D eigenvalue weighted by molar-refractivity contribution is 0.101. The first-order valence-electron chi connectivity index (χ1n) is 4.91. The molecule has 0 saturated carbocycles. The number of Topliss-reactive ketones (excluding diaryl/α,β-unsaturated/α-hetero) is 1. The smallest absolute Gasteiger partial charge is 0.219 e. The molecule has 0 unspecified atom stereocenters. The summed E-state index contributed by atoms with van der Waals surface area (Å²) in [5, 5.41) is 0.400. The van der Waals surface area contributed by atoms with Gasteiger partial charge < -0.3 is 4.74 Å². The summed E-state index contributed by atoms with van der Waals surface area (Å²) in [6, 6.07) is 6.61. The number of pyridine rings is 2. The van der Waals surface area contributed by atoms with Gasteiger partial charge in [0.1, 0.15) is 10.9 Å². The molecule has 2 aromatic rings. The van der Waals surface area contributed by atoms with Crippen molar-refractivity contribution in [2.45, 2.75) is 6.92 Å². The van der Waals surface area contributed by atoms with E-state index in [-0.39, 0.29) is 5.78 Å². The lowest BCUT2D eigenvalue weighted by Crippen LogP contribution is -1.94. The summed E-state index contributed by atoms with van der Waals surface area (Å²) in [7, 11) is 0. The fraction of sp³-hybridized carbons (Fsp3) is 0.0833. The summed E-state index contributed by atoms with van der Waals surface area (Å²) in [5.74, 6) is 0.911. The molecule has 0 aliphatic rings. The highest BCUT2D eigenvalue weighted by molar-refractivity contribution is 6.29. The van der Waals surface area contributed by atoms with Crippen LogP contribution in [0.5, 0.6) is 11.6 Å². The number of aromatic nitrogens is 2. The van der Waals surface area contributed by atoms with Crippen LogP contribution in [0.4, 0.5) is 0 Å². The molecule has 86 valence electrons. The summed E-state index contributed by atoms with van der Waals surface area (Å²) in [6.45, 7) is 1.49. The summed E-state index contributed by atoms with van der Waals surface area (Å²) < 4.78 is 5.42. The minimum atomic E-state index is -0.0304. The molecule has 5 heteroatoms. The lowest BCUT2D eigenvalue weighted by Gasteiger charge is -2.04. The van der Waals surface area contributed by atoms with Crippen LogP contribution in [0.15, 0.2) is 36.7 Å². The molecule has 0 aromatic carbocycles. The van der Waals surface area contributed by atoms with Crippen molar-refractivity contribution in [3.63, 3.8) is 0 Å². The number of hydrogen-bond donors (Lipinski definition) is 0. The zero-order valence-electron chi connectivity index (χ0n) is 9.05. The Balaban J connectivity index is 2.13. The molecule has 17 heavy (non-hydrogen) atoms. The van der Waals surface area contributed by atoms with Crippen LogP contribution in [0.1, 0.15) is 17.3 Å². The molecule has 0 atom stereocenters. The average Bonchev–Trinajstić information content (AvgIpc) is 2.33. The third-order valence-corrected chi connectivity index (χ3v) is 2.29. The Morgan fingerprint density at radius 2 is 2.00 bits per heavy atom. The monoisotopic (exact) mass is 248 g/mol. The molecule has 4 nitrogen and oxygen atoms in total. The summed E-state index contributed by atoms with van der Waals surface area (Å²) in [6.07, 6.45) is 2.98. The van der Waals surface area contributed by atoms with Crippen LogP contribution in [-0.4, -0.2) is 15.8 Å². The van der Waals surface area contributed by atoms with E-state index in [4.69, 9.17) is 16.3 Å². The van der Waals surface area contributed by atoms with Crippen molar-refractivity contribution in [3.05, 3.63) is 47.4 Å². The van der Waals surface area contributed by atoms with Gasteiger partial charge in [-0.05, 0) is 25.1 Å². The molecule has 0 N–H and O–H groups in total. The molecule has 0 spiro atoms. The van der Waals surface area contributed by atoms with Gasteiger partial charge in [0.15, 0.2) is 5.78 Å². The van der Waals surface area contributed by atoms with Crippen molar-refractivity contribution in [2.24, 2.45) is 0 Å². The first kappa shape index (κ1) is 11.5. The van der Waals surface area contributed by atoms with Crippen molar-refractivity contribution in [1.82, 2.24) is 9.97 Å². The second kappa shape index (κ2) is 4.93. The Hall–Kier alpha value is -1.94. The largest absolute Gasteiger partial charge is 0.437 e. The van der Waals surface area contributed by atoms with Crippen LogP contribution in [0, 0.1) is 0 Å². The Labute approximate surface area is 103 Å². The molecule has 2 rings (SSSR count). The Morgan fingerprint density at radius 1 is 1.18 bits per heavy atom. The van der Waals surface area contributed by atoms with Gasteiger partial charge in [-0.15, -0.1) is 0 Å². The summed E-state index contributed by atoms with van der Waals surface area (Å²) in [4.78, 5) is 18.9. The SMILES string of the molecule is CC(=O)c1ccc(Oc2ccc(Cl)nc2)nc1. The van der Waals surface area contributed by atoms with E-state index < -0.39 is 0 Å². The van der Waals surface area contributed by atoms with E-state index in [1.54, 1.807) is 24.3 Å². The van der Waals surface area contributed by atoms with Gasteiger partial charge in [0.2, 0.25) is 5.88 Å². The molecular formula is C12H9ClN2O2. The molecule has 2 heterocycles. The third-order valence-electron chi connectivity index (χ3n) is 2.07. The van der Waals surface area contributed by atoms with E-state index in [1.807, 2.05) is 0 Å². The number of hydrogen-bond acceptors (Lipinski definition) is 4. The number of rotatable bonds is 3. The number of carbonyl (C=O) groups excluding carboxylic acids is 1. The van der Waals surface area contributed by atoms with Gasteiger partial charge in [0.05, 0.1) is 6.20 Å². The standard InChI is InChI=1S/C12H9ClN2O2/c1-8(16)9-2-5-12(15-6-9)17-10-3-4-11(13)14-7-10/h2-7H,1H3. The van der Waals surface area contributed by atoms with Gasteiger partial charge in [-0.3, -0.25) is 4.79 Å². The predicted molar refractivity (Wildman–Crippen MR) is 63.6 cm³/mol.